The number of halogens is 1. The summed E-state index contributed by atoms with van der Waals surface area (Å²) in [5, 5.41) is 3.12. The molecule has 2 aliphatic rings. The van der Waals surface area contributed by atoms with E-state index < -0.39 is 0 Å². The normalized spacial score (nSPS) is 16.3. The maximum absolute atomic E-state index is 12.5. The summed E-state index contributed by atoms with van der Waals surface area (Å²) in [5.74, 6) is 1.03. The third kappa shape index (κ3) is 5.73. The zero-order chi connectivity index (χ0) is 22.3. The molecule has 4 rings (SSSR count). The smallest absolute Gasteiger partial charge is 0.247 e. The number of benzene rings is 2. The fourth-order valence-corrected chi connectivity index (χ4v) is 4.93. The zero-order valence-electron chi connectivity index (χ0n) is 18.8. The molecule has 5 nitrogen and oxygen atoms in total. The van der Waals surface area contributed by atoms with E-state index in [-0.39, 0.29) is 5.91 Å². The van der Waals surface area contributed by atoms with E-state index >= 15 is 0 Å². The second kappa shape index (κ2) is 11.0. The Morgan fingerprint density at radius 2 is 1.88 bits per heavy atom. The van der Waals surface area contributed by atoms with Crippen LogP contribution in [0.2, 0.25) is 0 Å². The molecule has 1 aliphatic carbocycles. The average Bonchev–Trinajstić information content (AvgIpc) is 2.83. The molecule has 32 heavy (non-hydrogen) atoms. The summed E-state index contributed by atoms with van der Waals surface area (Å²) >= 11 is 3.52. The molecule has 0 radical (unpaired) electrons. The molecule has 6 heteroatoms. The Kier molecular flexibility index (Phi) is 7.87. The van der Waals surface area contributed by atoms with Crippen LogP contribution in [0.3, 0.4) is 0 Å². The number of ether oxygens (including phenoxy) is 1. The number of anilines is 1. The van der Waals surface area contributed by atoms with Gasteiger partial charge in [0.15, 0.2) is 0 Å². The van der Waals surface area contributed by atoms with Gasteiger partial charge in [0.2, 0.25) is 5.91 Å². The Morgan fingerprint density at radius 3 is 2.69 bits per heavy atom. The van der Waals surface area contributed by atoms with E-state index in [2.05, 4.69) is 55.3 Å². The number of hydrogen-bond donors (Lipinski definition) is 1. The largest absolute Gasteiger partial charge is 0.495 e. The third-order valence-corrected chi connectivity index (χ3v) is 6.87. The van der Waals surface area contributed by atoms with Gasteiger partial charge in [-0.25, -0.2) is 0 Å². The molecule has 170 valence electrons. The zero-order valence-corrected chi connectivity index (χ0v) is 20.4. The number of hydrogen-bond acceptors (Lipinski definition) is 4. The maximum atomic E-state index is 12.5. The van der Waals surface area contributed by atoms with Gasteiger partial charge in [0, 0.05) is 42.8 Å². The van der Waals surface area contributed by atoms with Crippen molar-refractivity contribution >= 4 is 33.6 Å². The lowest BCUT2D eigenvalue weighted by atomic mass is 9.92. The fraction of sp³-hybridized carbons (Fsp3) is 0.423. The molecule has 1 fully saturated rings. The lowest BCUT2D eigenvalue weighted by Crippen LogP contribution is -2.46. The maximum Gasteiger partial charge on any atom is 0.247 e. The molecule has 2 aromatic rings. The van der Waals surface area contributed by atoms with Crippen molar-refractivity contribution < 1.29 is 9.53 Å². The number of nitrogens with one attached hydrogen (secondary N) is 1. The van der Waals surface area contributed by atoms with Crippen LogP contribution in [0, 0.1) is 0 Å². The Hall–Kier alpha value is -2.31. The Morgan fingerprint density at radius 1 is 1.06 bits per heavy atom. The van der Waals surface area contributed by atoms with Gasteiger partial charge in [-0.2, -0.15) is 0 Å². The van der Waals surface area contributed by atoms with Gasteiger partial charge in [-0.3, -0.25) is 9.69 Å². The number of piperazine rings is 1. The molecule has 0 atom stereocenters. The van der Waals surface area contributed by atoms with Gasteiger partial charge in [-0.15, -0.1) is 0 Å². The summed E-state index contributed by atoms with van der Waals surface area (Å²) in [5.41, 5.74) is 4.55. The highest BCUT2D eigenvalue weighted by Gasteiger charge is 2.19. The topological polar surface area (TPSA) is 44.8 Å². The summed E-state index contributed by atoms with van der Waals surface area (Å²) in [6.07, 6.45) is 5.89. The van der Waals surface area contributed by atoms with Crippen LogP contribution in [-0.4, -0.2) is 57.2 Å². The van der Waals surface area contributed by atoms with Crippen molar-refractivity contribution in [2.24, 2.45) is 0 Å². The lowest BCUT2D eigenvalue weighted by molar-refractivity contribution is -0.117. The molecule has 1 saturated heterocycles. The van der Waals surface area contributed by atoms with Gasteiger partial charge in [0.1, 0.15) is 5.75 Å². The average molecular weight is 498 g/mol. The Bertz CT molecular complexity index is 967. The van der Waals surface area contributed by atoms with Crippen molar-refractivity contribution in [1.82, 2.24) is 10.2 Å². The summed E-state index contributed by atoms with van der Waals surface area (Å²) < 4.78 is 6.60. The van der Waals surface area contributed by atoms with E-state index in [4.69, 9.17) is 4.74 Å². The van der Waals surface area contributed by atoms with Crippen molar-refractivity contribution in [2.45, 2.75) is 25.7 Å². The quantitative estimate of drug-likeness (QED) is 0.545. The minimum absolute atomic E-state index is 0.0870. The first-order valence-corrected chi connectivity index (χ1v) is 12.3. The second-order valence-electron chi connectivity index (χ2n) is 8.48. The van der Waals surface area contributed by atoms with Crippen LogP contribution in [0.4, 0.5) is 5.69 Å². The number of nitrogens with zero attached hydrogens (tertiary/aromatic N) is 2. The van der Waals surface area contributed by atoms with Crippen molar-refractivity contribution in [2.75, 3.05) is 51.3 Å². The first-order valence-electron chi connectivity index (χ1n) is 11.5. The molecule has 0 aromatic heterocycles. The number of carbonyl (C=O) groups excluding carboxylic acids is 1. The number of unbranched alkanes of at least 4 members (excludes halogenated alkanes) is 1. The van der Waals surface area contributed by atoms with Crippen LogP contribution >= 0.6 is 15.9 Å². The number of methoxy groups -OCH3 is 1. The van der Waals surface area contributed by atoms with Crippen molar-refractivity contribution in [3.8, 4) is 5.75 Å². The lowest BCUT2D eigenvalue weighted by Gasteiger charge is -2.36. The van der Waals surface area contributed by atoms with E-state index in [0.717, 1.165) is 86.3 Å². The first kappa shape index (κ1) is 22.9. The van der Waals surface area contributed by atoms with Crippen LogP contribution in [0.15, 0.2) is 52.5 Å². The number of rotatable bonds is 8. The van der Waals surface area contributed by atoms with E-state index in [1.54, 1.807) is 7.11 Å². The van der Waals surface area contributed by atoms with Gasteiger partial charge in [-0.1, -0.05) is 34.1 Å². The molecule has 0 saturated carbocycles. The summed E-state index contributed by atoms with van der Waals surface area (Å²) in [4.78, 5) is 17.5. The van der Waals surface area contributed by atoms with E-state index in [9.17, 15) is 4.79 Å². The highest BCUT2D eigenvalue weighted by molar-refractivity contribution is 9.10. The van der Waals surface area contributed by atoms with Crippen LogP contribution < -0.4 is 15.0 Å². The van der Waals surface area contributed by atoms with E-state index in [1.165, 1.54) is 11.3 Å². The van der Waals surface area contributed by atoms with Crippen molar-refractivity contribution in [3.05, 3.63) is 63.6 Å². The molecule has 2 aromatic carbocycles. The van der Waals surface area contributed by atoms with Gasteiger partial charge in [0.05, 0.1) is 12.8 Å². The molecule has 0 bridgehead atoms. The van der Waals surface area contributed by atoms with Crippen LogP contribution in [0.5, 0.6) is 5.75 Å². The summed E-state index contributed by atoms with van der Waals surface area (Å²) in [7, 11) is 1.73. The SMILES string of the molecule is COc1ccccc1N1CCN(CCCCNC(=O)C2=Cc3ccc(Br)cc3CC2)CC1. The van der Waals surface area contributed by atoms with Gasteiger partial charge in [0.25, 0.3) is 0 Å². The molecule has 1 aliphatic heterocycles. The molecular weight excluding hydrogens is 466 g/mol. The highest BCUT2D eigenvalue weighted by Crippen LogP contribution is 2.28. The van der Waals surface area contributed by atoms with Crippen molar-refractivity contribution in [3.63, 3.8) is 0 Å². The molecule has 0 unspecified atom stereocenters. The Labute approximate surface area is 199 Å². The highest BCUT2D eigenvalue weighted by atomic mass is 79.9. The van der Waals surface area contributed by atoms with Crippen LogP contribution in [0.1, 0.15) is 30.4 Å². The minimum Gasteiger partial charge on any atom is -0.495 e. The number of amides is 1. The fourth-order valence-electron chi connectivity index (χ4n) is 4.52. The molecular formula is C26H32BrN3O2. The van der Waals surface area contributed by atoms with Gasteiger partial charge >= 0.3 is 0 Å². The number of para-hydroxylation sites is 2. The predicted molar refractivity (Wildman–Crippen MR) is 134 cm³/mol. The predicted octanol–water partition coefficient (Wildman–Crippen LogP) is 4.51. The number of aryl methyl sites for hydroxylation is 1. The number of carbonyl (C=O) groups is 1. The molecule has 1 heterocycles. The third-order valence-electron chi connectivity index (χ3n) is 6.37. The van der Waals surface area contributed by atoms with Crippen LogP contribution in [0.25, 0.3) is 6.08 Å². The van der Waals surface area contributed by atoms with Gasteiger partial charge < -0.3 is 15.0 Å². The number of fused-ring (bicyclic) bond motifs is 1. The van der Waals surface area contributed by atoms with Crippen molar-refractivity contribution in [1.29, 1.82) is 0 Å². The molecule has 1 N–H and O–H groups in total. The monoisotopic (exact) mass is 497 g/mol. The molecule has 1 amide bonds. The van der Waals surface area contributed by atoms with Crippen LogP contribution in [-0.2, 0) is 11.2 Å². The Balaban J connectivity index is 1.15. The molecule has 0 spiro atoms. The van der Waals surface area contributed by atoms with E-state index in [0.29, 0.717) is 0 Å². The summed E-state index contributed by atoms with van der Waals surface area (Å²) in [6, 6.07) is 14.5. The second-order valence-corrected chi connectivity index (χ2v) is 9.39. The summed E-state index contributed by atoms with van der Waals surface area (Å²) in [6.45, 7) is 5.98. The standard InChI is InChI=1S/C26H32BrN3O2/c1-32-25-7-3-2-6-24(25)30-16-14-29(15-17-30)13-5-4-12-28-26(31)22-9-8-21-19-23(27)11-10-20(21)18-22/h2-3,6-7,10-11,18-19H,4-5,8-9,12-17H2,1H3,(H,28,31). The minimum atomic E-state index is 0.0870. The van der Waals surface area contributed by atoms with E-state index in [1.807, 2.05) is 24.3 Å². The first-order chi connectivity index (χ1) is 15.6. The van der Waals surface area contributed by atoms with Gasteiger partial charge in [-0.05, 0) is 73.7 Å².